The summed E-state index contributed by atoms with van der Waals surface area (Å²) in [7, 11) is 0. The molecule has 1 aromatic rings. The summed E-state index contributed by atoms with van der Waals surface area (Å²) < 4.78 is 19.0. The number of benzene rings is 1. The van der Waals surface area contributed by atoms with Crippen molar-refractivity contribution in [2.75, 3.05) is 45.9 Å². The maximum atomic E-state index is 13.2. The second-order valence-electron chi connectivity index (χ2n) is 8.13. The van der Waals surface area contributed by atoms with Crippen LogP contribution in [-0.2, 0) is 9.53 Å². The molecule has 2 atom stereocenters. The predicted octanol–water partition coefficient (Wildman–Crippen LogP) is 2.44. The lowest BCUT2D eigenvalue weighted by molar-refractivity contribution is -0.123. The number of carbonyl (C=O) groups excluding carboxylic acids is 1. The zero-order valence-corrected chi connectivity index (χ0v) is 16.5. The van der Waals surface area contributed by atoms with E-state index in [-0.39, 0.29) is 23.9 Å². The van der Waals surface area contributed by atoms with Gasteiger partial charge < -0.3 is 10.1 Å². The smallest absolute Gasteiger partial charge is 0.234 e. The molecule has 1 N–H and O–H groups in total. The van der Waals surface area contributed by atoms with Crippen LogP contribution in [0.4, 0.5) is 4.39 Å². The van der Waals surface area contributed by atoms with Gasteiger partial charge in [-0.3, -0.25) is 14.6 Å². The lowest BCUT2D eigenvalue weighted by atomic mass is 10.0. The van der Waals surface area contributed by atoms with Gasteiger partial charge in [-0.25, -0.2) is 4.39 Å². The molecule has 1 aromatic carbocycles. The monoisotopic (exact) mass is 377 g/mol. The summed E-state index contributed by atoms with van der Waals surface area (Å²) in [6, 6.07) is 6.85. The number of morpholine rings is 1. The molecule has 150 valence electrons. The molecule has 0 spiro atoms. The molecule has 0 aromatic heterocycles. The van der Waals surface area contributed by atoms with E-state index in [1.54, 1.807) is 0 Å². The first-order valence-corrected chi connectivity index (χ1v) is 10.1. The molecule has 0 aliphatic carbocycles. The molecule has 2 fully saturated rings. The molecule has 5 nitrogen and oxygen atoms in total. The summed E-state index contributed by atoms with van der Waals surface area (Å²) >= 11 is 0. The Morgan fingerprint density at radius 2 is 2.07 bits per heavy atom. The zero-order chi connectivity index (χ0) is 19.2. The Bertz CT molecular complexity index is 608. The summed E-state index contributed by atoms with van der Waals surface area (Å²) in [5, 5.41) is 3.04. The van der Waals surface area contributed by atoms with Gasteiger partial charge in [-0.1, -0.05) is 26.0 Å². The van der Waals surface area contributed by atoms with E-state index in [0.717, 1.165) is 51.2 Å². The molecule has 6 heteroatoms. The minimum absolute atomic E-state index is 0.0357. The van der Waals surface area contributed by atoms with E-state index in [2.05, 4.69) is 29.0 Å². The molecule has 2 aliphatic rings. The Kier molecular flexibility index (Phi) is 7.21. The van der Waals surface area contributed by atoms with Gasteiger partial charge in [-0.05, 0) is 43.0 Å². The first-order valence-electron chi connectivity index (χ1n) is 10.1. The number of halogens is 1. The highest BCUT2D eigenvalue weighted by Crippen LogP contribution is 2.31. The normalized spacial score (nSPS) is 24.4. The molecule has 0 saturated carbocycles. The van der Waals surface area contributed by atoms with Crippen LogP contribution in [0.3, 0.4) is 0 Å². The van der Waals surface area contributed by atoms with Crippen LogP contribution in [0.2, 0.25) is 0 Å². The van der Waals surface area contributed by atoms with Gasteiger partial charge in [0.1, 0.15) is 5.82 Å². The molecule has 27 heavy (non-hydrogen) atoms. The van der Waals surface area contributed by atoms with Gasteiger partial charge in [0.2, 0.25) is 5.91 Å². The van der Waals surface area contributed by atoms with E-state index in [9.17, 15) is 9.18 Å². The third-order valence-corrected chi connectivity index (χ3v) is 5.34. The van der Waals surface area contributed by atoms with Crippen LogP contribution in [0.15, 0.2) is 24.3 Å². The number of rotatable bonds is 7. The summed E-state index contributed by atoms with van der Waals surface area (Å²) in [5.74, 6) is 0.450. The Hall–Kier alpha value is -1.50. The van der Waals surface area contributed by atoms with Crippen LogP contribution in [0.1, 0.15) is 38.3 Å². The van der Waals surface area contributed by atoms with Crippen molar-refractivity contribution >= 4 is 5.91 Å². The second kappa shape index (κ2) is 9.62. The topological polar surface area (TPSA) is 44.8 Å². The van der Waals surface area contributed by atoms with Gasteiger partial charge in [0, 0.05) is 32.2 Å². The van der Waals surface area contributed by atoms with Crippen LogP contribution in [0.25, 0.3) is 0 Å². The van der Waals surface area contributed by atoms with Gasteiger partial charge in [0.05, 0.1) is 19.3 Å². The molecular weight excluding hydrogens is 345 g/mol. The summed E-state index contributed by atoms with van der Waals surface area (Å²) in [6.45, 7) is 9.92. The van der Waals surface area contributed by atoms with E-state index < -0.39 is 0 Å². The van der Waals surface area contributed by atoms with Crippen LogP contribution in [0, 0.1) is 11.7 Å². The van der Waals surface area contributed by atoms with Crippen LogP contribution >= 0.6 is 0 Å². The lowest BCUT2D eigenvalue weighted by Gasteiger charge is -2.34. The van der Waals surface area contributed by atoms with E-state index in [1.165, 1.54) is 12.1 Å². The Morgan fingerprint density at radius 3 is 2.81 bits per heavy atom. The van der Waals surface area contributed by atoms with E-state index in [1.807, 2.05) is 12.1 Å². The second-order valence-corrected chi connectivity index (χ2v) is 8.13. The van der Waals surface area contributed by atoms with Crippen LogP contribution < -0.4 is 5.32 Å². The maximum Gasteiger partial charge on any atom is 0.234 e. The molecule has 3 rings (SSSR count). The van der Waals surface area contributed by atoms with Crippen molar-refractivity contribution in [1.82, 2.24) is 15.1 Å². The number of amides is 1. The van der Waals surface area contributed by atoms with Crippen molar-refractivity contribution in [3.63, 3.8) is 0 Å². The molecule has 0 radical (unpaired) electrons. The van der Waals surface area contributed by atoms with Gasteiger partial charge in [-0.15, -0.1) is 0 Å². The third kappa shape index (κ3) is 5.99. The number of nitrogens with one attached hydrogen (secondary N) is 1. The van der Waals surface area contributed by atoms with Crippen molar-refractivity contribution in [2.24, 2.45) is 5.92 Å². The highest BCUT2D eigenvalue weighted by atomic mass is 19.1. The average molecular weight is 378 g/mol. The van der Waals surface area contributed by atoms with Gasteiger partial charge in [0.15, 0.2) is 0 Å². The fourth-order valence-corrected chi connectivity index (χ4v) is 4.13. The molecule has 2 heterocycles. The van der Waals surface area contributed by atoms with Crippen molar-refractivity contribution in [3.8, 4) is 0 Å². The number of hydrogen-bond donors (Lipinski definition) is 1. The van der Waals surface area contributed by atoms with Crippen molar-refractivity contribution in [1.29, 1.82) is 0 Å². The lowest BCUT2D eigenvalue weighted by Crippen LogP contribution is -2.49. The zero-order valence-electron chi connectivity index (χ0n) is 16.5. The minimum Gasteiger partial charge on any atom is -0.374 e. The molecular formula is C21H32FN3O2. The first kappa shape index (κ1) is 20.2. The quantitative estimate of drug-likeness (QED) is 0.793. The van der Waals surface area contributed by atoms with E-state index in [4.69, 9.17) is 4.74 Å². The van der Waals surface area contributed by atoms with Crippen molar-refractivity contribution in [2.45, 2.75) is 38.8 Å². The van der Waals surface area contributed by atoms with Gasteiger partial charge in [-0.2, -0.15) is 0 Å². The van der Waals surface area contributed by atoms with E-state index in [0.29, 0.717) is 19.0 Å². The number of hydrogen-bond acceptors (Lipinski definition) is 4. The summed E-state index contributed by atoms with van der Waals surface area (Å²) in [4.78, 5) is 17.1. The fourth-order valence-electron chi connectivity index (χ4n) is 4.13. The predicted molar refractivity (Wildman–Crippen MR) is 104 cm³/mol. The Labute approximate surface area is 161 Å². The minimum atomic E-state index is -0.222. The third-order valence-electron chi connectivity index (χ3n) is 5.34. The first-order chi connectivity index (χ1) is 13.0. The fraction of sp³-hybridized carbons (Fsp3) is 0.667. The van der Waals surface area contributed by atoms with Gasteiger partial charge in [0.25, 0.3) is 0 Å². The maximum absolute atomic E-state index is 13.2. The molecule has 0 bridgehead atoms. The highest BCUT2D eigenvalue weighted by Gasteiger charge is 2.28. The SMILES string of the molecule is CC(C)CN1CCOC(CNC(=O)CN2CCCC2c2ccc(F)cc2)C1. The summed E-state index contributed by atoms with van der Waals surface area (Å²) in [6.07, 6.45) is 2.13. The largest absolute Gasteiger partial charge is 0.374 e. The number of carbonyl (C=O) groups is 1. The summed E-state index contributed by atoms with van der Waals surface area (Å²) in [5.41, 5.74) is 1.08. The Balaban J connectivity index is 1.45. The average Bonchev–Trinajstić information content (AvgIpc) is 3.08. The highest BCUT2D eigenvalue weighted by molar-refractivity contribution is 5.78. The number of ether oxygens (including phenoxy) is 1. The number of likely N-dealkylation sites (tertiary alicyclic amines) is 1. The Morgan fingerprint density at radius 1 is 1.30 bits per heavy atom. The van der Waals surface area contributed by atoms with Gasteiger partial charge >= 0.3 is 0 Å². The van der Waals surface area contributed by atoms with E-state index >= 15 is 0 Å². The van der Waals surface area contributed by atoms with Crippen molar-refractivity contribution < 1.29 is 13.9 Å². The molecule has 2 aliphatic heterocycles. The molecule has 1 amide bonds. The van der Waals surface area contributed by atoms with Crippen LogP contribution in [-0.4, -0.2) is 67.7 Å². The molecule has 2 unspecified atom stereocenters. The van der Waals surface area contributed by atoms with Crippen LogP contribution in [0.5, 0.6) is 0 Å². The van der Waals surface area contributed by atoms with Crippen molar-refractivity contribution in [3.05, 3.63) is 35.6 Å². The molecule has 2 saturated heterocycles. The standard InChI is InChI=1S/C21H32FN3O2/c1-16(2)13-24-10-11-27-19(14-24)12-23-21(26)15-25-9-3-4-20(25)17-5-7-18(22)8-6-17/h5-8,16,19-20H,3-4,9-15H2,1-2H3,(H,23,26). The number of nitrogens with zero attached hydrogens (tertiary/aromatic N) is 2.